The molecule has 0 unspecified atom stereocenters. The van der Waals surface area contributed by atoms with E-state index in [2.05, 4.69) is 34.4 Å². The third-order valence-electron chi connectivity index (χ3n) is 3.77. The molecule has 0 radical (unpaired) electrons. The number of aryl methyl sites for hydroxylation is 2. The van der Waals surface area contributed by atoms with Gasteiger partial charge in [0.25, 0.3) is 5.22 Å². The van der Waals surface area contributed by atoms with Gasteiger partial charge in [0.05, 0.1) is 5.69 Å². The van der Waals surface area contributed by atoms with Crippen LogP contribution in [0.15, 0.2) is 58.4 Å². The summed E-state index contributed by atoms with van der Waals surface area (Å²) in [6.45, 7) is 4.10. The van der Waals surface area contributed by atoms with Gasteiger partial charge >= 0.3 is 0 Å². The molecule has 5 nitrogen and oxygen atoms in total. The normalized spacial score (nSPS) is 11.2. The van der Waals surface area contributed by atoms with Crippen molar-refractivity contribution in [2.45, 2.75) is 24.8 Å². The molecule has 4 rings (SSSR count). The van der Waals surface area contributed by atoms with Crippen molar-refractivity contribution in [3.8, 4) is 11.5 Å². The van der Waals surface area contributed by atoms with E-state index in [-0.39, 0.29) is 0 Å². The monoisotopic (exact) mass is 336 g/mol. The van der Waals surface area contributed by atoms with E-state index in [0.717, 1.165) is 22.5 Å². The van der Waals surface area contributed by atoms with Crippen molar-refractivity contribution < 1.29 is 4.42 Å². The van der Waals surface area contributed by atoms with Crippen molar-refractivity contribution >= 4 is 17.4 Å². The van der Waals surface area contributed by atoms with Gasteiger partial charge in [0.1, 0.15) is 5.65 Å². The van der Waals surface area contributed by atoms with Gasteiger partial charge in [0.15, 0.2) is 0 Å². The van der Waals surface area contributed by atoms with Crippen LogP contribution in [0.4, 0.5) is 0 Å². The molecule has 1 aromatic carbocycles. The Balaban J connectivity index is 1.50. The number of rotatable bonds is 4. The lowest BCUT2D eigenvalue weighted by atomic mass is 10.1. The number of aromatic nitrogens is 4. The molecule has 4 aromatic rings. The van der Waals surface area contributed by atoms with Gasteiger partial charge in [-0.05, 0) is 37.1 Å². The molecule has 3 heterocycles. The highest BCUT2D eigenvalue weighted by atomic mass is 32.2. The summed E-state index contributed by atoms with van der Waals surface area (Å²) in [5.74, 6) is 1.25. The van der Waals surface area contributed by atoms with Crippen molar-refractivity contribution in [2.24, 2.45) is 0 Å². The second kappa shape index (κ2) is 6.13. The van der Waals surface area contributed by atoms with Crippen LogP contribution in [-0.2, 0) is 5.75 Å². The van der Waals surface area contributed by atoms with Crippen LogP contribution in [0.25, 0.3) is 17.1 Å². The fourth-order valence-corrected chi connectivity index (χ4v) is 3.20. The van der Waals surface area contributed by atoms with E-state index in [1.807, 2.05) is 47.9 Å². The van der Waals surface area contributed by atoms with Gasteiger partial charge in [-0.25, -0.2) is 4.98 Å². The van der Waals surface area contributed by atoms with E-state index >= 15 is 0 Å². The van der Waals surface area contributed by atoms with Gasteiger partial charge < -0.3 is 8.82 Å². The molecule has 24 heavy (non-hydrogen) atoms. The number of nitrogens with zero attached hydrogens (tertiary/aromatic N) is 4. The average molecular weight is 336 g/mol. The molecule has 0 aliphatic carbocycles. The summed E-state index contributed by atoms with van der Waals surface area (Å²) < 4.78 is 7.81. The van der Waals surface area contributed by atoms with Gasteiger partial charge in [0.2, 0.25) is 5.89 Å². The zero-order valence-electron chi connectivity index (χ0n) is 13.4. The summed E-state index contributed by atoms with van der Waals surface area (Å²) in [4.78, 5) is 4.60. The Kier molecular flexibility index (Phi) is 3.82. The van der Waals surface area contributed by atoms with Crippen LogP contribution in [0, 0.1) is 13.8 Å². The summed E-state index contributed by atoms with van der Waals surface area (Å²) in [6, 6.07) is 12.1. The Bertz CT molecular complexity index is 1010. The molecule has 0 bridgehead atoms. The SMILES string of the molecule is Cc1ccc2nc(CSc3nnc(-c4ccccc4C)o3)cn2c1. The van der Waals surface area contributed by atoms with Gasteiger partial charge in [-0.1, -0.05) is 36.0 Å². The molecule has 0 amide bonds. The van der Waals surface area contributed by atoms with Crippen LogP contribution in [0.1, 0.15) is 16.8 Å². The van der Waals surface area contributed by atoms with Crippen LogP contribution >= 0.6 is 11.8 Å². The van der Waals surface area contributed by atoms with Crippen molar-refractivity contribution in [1.82, 2.24) is 19.6 Å². The van der Waals surface area contributed by atoms with E-state index in [1.165, 1.54) is 17.3 Å². The molecule has 0 fully saturated rings. The molecule has 0 saturated carbocycles. The standard InChI is InChI=1S/C18H16N4OS/c1-12-7-8-16-19-14(10-22(16)9-12)11-24-18-21-20-17(23-18)15-6-4-3-5-13(15)2/h3-10H,11H2,1-2H3. The van der Waals surface area contributed by atoms with Crippen LogP contribution in [0.3, 0.4) is 0 Å². The number of benzene rings is 1. The summed E-state index contributed by atoms with van der Waals surface area (Å²) in [5.41, 5.74) is 5.23. The van der Waals surface area contributed by atoms with Gasteiger partial charge in [-0.3, -0.25) is 0 Å². The van der Waals surface area contributed by atoms with Gasteiger partial charge in [0, 0.05) is 23.7 Å². The molecule has 0 saturated heterocycles. The van der Waals surface area contributed by atoms with Gasteiger partial charge in [-0.15, -0.1) is 10.2 Å². The lowest BCUT2D eigenvalue weighted by molar-refractivity contribution is 0.465. The van der Waals surface area contributed by atoms with Crippen molar-refractivity contribution in [3.63, 3.8) is 0 Å². The molecule has 0 spiro atoms. The van der Waals surface area contributed by atoms with Crippen LogP contribution in [0.5, 0.6) is 0 Å². The molecular weight excluding hydrogens is 320 g/mol. The molecule has 3 aromatic heterocycles. The third-order valence-corrected chi connectivity index (χ3v) is 4.63. The highest BCUT2D eigenvalue weighted by Crippen LogP contribution is 2.27. The number of imidazole rings is 1. The maximum Gasteiger partial charge on any atom is 0.277 e. The first-order valence-electron chi connectivity index (χ1n) is 7.65. The van der Waals surface area contributed by atoms with E-state index in [9.17, 15) is 0 Å². The first-order valence-corrected chi connectivity index (χ1v) is 8.64. The lowest BCUT2D eigenvalue weighted by Gasteiger charge is -1.98. The van der Waals surface area contributed by atoms with Crippen LogP contribution in [0.2, 0.25) is 0 Å². The molecule has 6 heteroatoms. The highest BCUT2D eigenvalue weighted by Gasteiger charge is 2.12. The maximum atomic E-state index is 5.77. The van der Waals surface area contributed by atoms with E-state index in [0.29, 0.717) is 16.9 Å². The van der Waals surface area contributed by atoms with Crippen LogP contribution < -0.4 is 0 Å². The topological polar surface area (TPSA) is 56.2 Å². The summed E-state index contributed by atoms with van der Waals surface area (Å²) in [5, 5.41) is 8.84. The zero-order chi connectivity index (χ0) is 16.5. The molecule has 120 valence electrons. The summed E-state index contributed by atoms with van der Waals surface area (Å²) in [6.07, 6.45) is 4.10. The Morgan fingerprint density at radius 1 is 1.04 bits per heavy atom. The molecule has 0 aliphatic rings. The summed E-state index contributed by atoms with van der Waals surface area (Å²) in [7, 11) is 0. The maximum absolute atomic E-state index is 5.77. The van der Waals surface area contributed by atoms with Crippen molar-refractivity contribution in [2.75, 3.05) is 0 Å². The summed E-state index contributed by atoms with van der Waals surface area (Å²) >= 11 is 1.50. The lowest BCUT2D eigenvalue weighted by Crippen LogP contribution is -1.82. The number of thioether (sulfide) groups is 1. The molecule has 0 atom stereocenters. The second-order valence-corrected chi connectivity index (χ2v) is 6.61. The van der Waals surface area contributed by atoms with E-state index in [1.54, 1.807) is 0 Å². The average Bonchev–Trinajstić information content (AvgIpc) is 3.19. The van der Waals surface area contributed by atoms with Crippen molar-refractivity contribution in [3.05, 3.63) is 65.6 Å². The predicted octanol–water partition coefficient (Wildman–Crippen LogP) is 4.29. The molecular formula is C18H16N4OS. The van der Waals surface area contributed by atoms with Crippen molar-refractivity contribution in [1.29, 1.82) is 0 Å². The third kappa shape index (κ3) is 2.92. The second-order valence-electron chi connectivity index (χ2n) is 5.68. The first-order chi connectivity index (χ1) is 11.7. The minimum atomic E-state index is 0.557. The van der Waals surface area contributed by atoms with E-state index < -0.39 is 0 Å². The first kappa shape index (κ1) is 15.0. The molecule has 0 aliphatic heterocycles. The number of pyridine rings is 1. The predicted molar refractivity (Wildman–Crippen MR) is 94.0 cm³/mol. The Hall–Kier alpha value is -2.60. The number of fused-ring (bicyclic) bond motifs is 1. The smallest absolute Gasteiger partial charge is 0.277 e. The fourth-order valence-electron chi connectivity index (χ4n) is 2.55. The number of hydrogen-bond acceptors (Lipinski definition) is 5. The van der Waals surface area contributed by atoms with E-state index in [4.69, 9.17) is 4.42 Å². The van der Waals surface area contributed by atoms with Crippen LogP contribution in [-0.4, -0.2) is 19.6 Å². The largest absolute Gasteiger partial charge is 0.411 e. The van der Waals surface area contributed by atoms with Gasteiger partial charge in [-0.2, -0.15) is 0 Å². The Labute approximate surface area is 143 Å². The number of hydrogen-bond donors (Lipinski definition) is 0. The zero-order valence-corrected chi connectivity index (χ0v) is 14.2. The molecule has 0 N–H and O–H groups in total. The Morgan fingerprint density at radius 2 is 1.92 bits per heavy atom. The minimum Gasteiger partial charge on any atom is -0.411 e. The minimum absolute atomic E-state index is 0.557. The Morgan fingerprint density at radius 3 is 2.79 bits per heavy atom. The quantitative estimate of drug-likeness (QED) is 0.520. The fraction of sp³-hybridized carbons (Fsp3) is 0.167. The highest BCUT2D eigenvalue weighted by molar-refractivity contribution is 7.98.